The molecule has 0 unspecified atom stereocenters. The van der Waals surface area contributed by atoms with E-state index in [4.69, 9.17) is 9.47 Å². The summed E-state index contributed by atoms with van der Waals surface area (Å²) in [6, 6.07) is 4.09. The molecule has 0 aromatic heterocycles. The molecule has 0 spiro atoms. The van der Waals surface area contributed by atoms with E-state index in [2.05, 4.69) is 31.8 Å². The third kappa shape index (κ3) is 4.77. The van der Waals surface area contributed by atoms with Crippen LogP contribution < -0.4 is 9.47 Å². The van der Waals surface area contributed by atoms with Crippen molar-refractivity contribution in [1.29, 1.82) is 0 Å². The van der Waals surface area contributed by atoms with Gasteiger partial charge >= 0.3 is 0 Å². The molecule has 6 heteroatoms. The minimum Gasteiger partial charge on any atom is -0.486 e. The molecular weight excluding hydrogens is 408 g/mol. The number of nitrogens with zero attached hydrogens (tertiary/aromatic N) is 2. The van der Waals surface area contributed by atoms with Gasteiger partial charge in [-0.3, -0.25) is 9.69 Å². The highest BCUT2D eigenvalue weighted by molar-refractivity contribution is 9.10. The zero-order chi connectivity index (χ0) is 18.6. The summed E-state index contributed by atoms with van der Waals surface area (Å²) >= 11 is 3.67. The topological polar surface area (TPSA) is 42.0 Å². The minimum absolute atomic E-state index is 0.363. The number of amides is 1. The van der Waals surface area contributed by atoms with Crippen LogP contribution in [0.15, 0.2) is 16.6 Å². The Morgan fingerprint density at radius 1 is 1.00 bits per heavy atom. The molecule has 148 valence electrons. The van der Waals surface area contributed by atoms with Gasteiger partial charge in [-0.1, -0.05) is 35.2 Å². The molecule has 1 saturated carbocycles. The highest BCUT2D eigenvalue weighted by Crippen LogP contribution is 2.36. The Bertz CT molecular complexity index is 668. The zero-order valence-electron chi connectivity index (χ0n) is 15.9. The van der Waals surface area contributed by atoms with Gasteiger partial charge in [0.2, 0.25) is 5.91 Å². The predicted octanol–water partition coefficient (Wildman–Crippen LogP) is 3.83. The van der Waals surface area contributed by atoms with Crippen molar-refractivity contribution >= 4 is 21.8 Å². The van der Waals surface area contributed by atoms with Crippen LogP contribution in [0.1, 0.15) is 44.1 Å². The Morgan fingerprint density at radius 2 is 1.67 bits per heavy atom. The van der Waals surface area contributed by atoms with Crippen LogP contribution in [0, 0.1) is 5.92 Å². The van der Waals surface area contributed by atoms with E-state index < -0.39 is 0 Å². The molecule has 27 heavy (non-hydrogen) atoms. The molecule has 2 heterocycles. The second kappa shape index (κ2) is 8.82. The van der Waals surface area contributed by atoms with Gasteiger partial charge in [0.1, 0.15) is 13.2 Å². The number of carbonyl (C=O) groups excluding carboxylic acids is 1. The molecule has 1 aromatic carbocycles. The first-order valence-electron chi connectivity index (χ1n) is 10.3. The number of rotatable bonds is 4. The lowest BCUT2D eigenvalue weighted by molar-refractivity contribution is -0.134. The molecule has 2 aliphatic heterocycles. The van der Waals surface area contributed by atoms with Crippen molar-refractivity contribution in [2.45, 2.75) is 45.1 Å². The summed E-state index contributed by atoms with van der Waals surface area (Å²) < 4.78 is 12.4. The average Bonchev–Trinajstić information content (AvgIpc) is 2.70. The fourth-order valence-corrected chi connectivity index (χ4v) is 4.84. The molecule has 5 nitrogen and oxygen atoms in total. The first kappa shape index (κ1) is 19.1. The van der Waals surface area contributed by atoms with E-state index in [1.54, 1.807) is 0 Å². The molecule has 4 rings (SSSR count). The summed E-state index contributed by atoms with van der Waals surface area (Å²) in [5.74, 6) is 2.63. The number of benzene rings is 1. The highest BCUT2D eigenvalue weighted by atomic mass is 79.9. The summed E-state index contributed by atoms with van der Waals surface area (Å²) in [7, 11) is 0. The van der Waals surface area contributed by atoms with Crippen LogP contribution >= 0.6 is 15.9 Å². The Kier molecular flexibility index (Phi) is 6.23. The van der Waals surface area contributed by atoms with Crippen LogP contribution in [-0.4, -0.2) is 55.1 Å². The van der Waals surface area contributed by atoms with Crippen molar-refractivity contribution in [1.82, 2.24) is 9.80 Å². The Balaban J connectivity index is 1.28. The first-order chi connectivity index (χ1) is 13.2. The van der Waals surface area contributed by atoms with Crippen molar-refractivity contribution in [3.05, 3.63) is 22.2 Å². The van der Waals surface area contributed by atoms with Crippen LogP contribution in [0.3, 0.4) is 0 Å². The fourth-order valence-electron chi connectivity index (χ4n) is 4.39. The van der Waals surface area contributed by atoms with Gasteiger partial charge in [0.15, 0.2) is 11.5 Å². The van der Waals surface area contributed by atoms with Gasteiger partial charge in [0.25, 0.3) is 0 Å². The normalized spacial score (nSPS) is 21.3. The minimum atomic E-state index is 0.363. The number of fused-ring (bicyclic) bond motifs is 1. The monoisotopic (exact) mass is 436 g/mol. The van der Waals surface area contributed by atoms with Gasteiger partial charge in [-0.2, -0.15) is 0 Å². The molecule has 1 aromatic rings. The lowest BCUT2D eigenvalue weighted by atomic mass is 9.86. The largest absolute Gasteiger partial charge is 0.486 e. The maximum atomic E-state index is 12.6. The molecule has 0 N–H and O–H groups in total. The molecule has 3 aliphatic rings. The Morgan fingerprint density at radius 3 is 2.37 bits per heavy atom. The molecule has 1 saturated heterocycles. The van der Waals surface area contributed by atoms with E-state index in [0.29, 0.717) is 25.0 Å². The Hall–Kier alpha value is -1.27. The molecule has 1 aliphatic carbocycles. The summed E-state index contributed by atoms with van der Waals surface area (Å²) in [6.07, 6.45) is 7.19. The summed E-state index contributed by atoms with van der Waals surface area (Å²) in [6.45, 7) is 5.61. The van der Waals surface area contributed by atoms with E-state index in [1.165, 1.54) is 37.7 Å². The maximum Gasteiger partial charge on any atom is 0.222 e. The molecule has 0 bridgehead atoms. The van der Waals surface area contributed by atoms with Crippen molar-refractivity contribution in [2.75, 3.05) is 39.4 Å². The van der Waals surface area contributed by atoms with Crippen molar-refractivity contribution in [3.8, 4) is 11.5 Å². The summed E-state index contributed by atoms with van der Waals surface area (Å²) in [5.41, 5.74) is 1.21. The summed E-state index contributed by atoms with van der Waals surface area (Å²) in [5, 5.41) is 0. The van der Waals surface area contributed by atoms with Crippen LogP contribution in [0.4, 0.5) is 0 Å². The number of ether oxygens (including phenoxy) is 2. The van der Waals surface area contributed by atoms with Crippen LogP contribution in [-0.2, 0) is 11.3 Å². The third-order valence-corrected chi connectivity index (χ3v) is 6.76. The molecule has 1 amide bonds. The zero-order valence-corrected chi connectivity index (χ0v) is 17.5. The standard InChI is InChI=1S/C21H29BrN2O3/c22-18-14-20-19(26-10-11-27-20)13-17(18)15-23-6-8-24(9-7-23)21(25)12-16-4-2-1-3-5-16/h13-14,16H,1-12,15H2. The smallest absolute Gasteiger partial charge is 0.222 e. The number of halogens is 1. The quantitative estimate of drug-likeness (QED) is 0.718. The van der Waals surface area contributed by atoms with E-state index in [-0.39, 0.29) is 0 Å². The molecule has 2 fully saturated rings. The molecular formula is C21H29BrN2O3. The lowest BCUT2D eigenvalue weighted by Crippen LogP contribution is -2.48. The van der Waals surface area contributed by atoms with Gasteiger partial charge in [-0.05, 0) is 36.5 Å². The number of carbonyl (C=O) groups is 1. The molecule has 0 atom stereocenters. The van der Waals surface area contributed by atoms with Crippen molar-refractivity contribution in [2.24, 2.45) is 5.92 Å². The predicted molar refractivity (Wildman–Crippen MR) is 108 cm³/mol. The Labute approximate surface area is 170 Å². The van der Waals surface area contributed by atoms with Gasteiger partial charge in [0.05, 0.1) is 0 Å². The average molecular weight is 437 g/mol. The third-order valence-electron chi connectivity index (χ3n) is 6.02. The SMILES string of the molecule is O=C(CC1CCCCC1)N1CCN(Cc2cc3c(cc2Br)OCCO3)CC1. The van der Waals surface area contributed by atoms with E-state index >= 15 is 0 Å². The van der Waals surface area contributed by atoms with E-state index in [1.807, 2.05) is 6.07 Å². The van der Waals surface area contributed by atoms with Crippen molar-refractivity contribution < 1.29 is 14.3 Å². The van der Waals surface area contributed by atoms with E-state index in [0.717, 1.165) is 55.1 Å². The number of hydrogen-bond acceptors (Lipinski definition) is 4. The van der Waals surface area contributed by atoms with E-state index in [9.17, 15) is 4.79 Å². The summed E-state index contributed by atoms with van der Waals surface area (Å²) in [4.78, 5) is 17.1. The van der Waals surface area contributed by atoms with Gasteiger partial charge < -0.3 is 14.4 Å². The van der Waals surface area contributed by atoms with Crippen LogP contribution in [0.25, 0.3) is 0 Å². The second-order valence-electron chi connectivity index (χ2n) is 7.95. The second-order valence-corrected chi connectivity index (χ2v) is 8.81. The van der Waals surface area contributed by atoms with Gasteiger partial charge in [-0.15, -0.1) is 0 Å². The fraction of sp³-hybridized carbons (Fsp3) is 0.667. The van der Waals surface area contributed by atoms with Gasteiger partial charge in [0, 0.05) is 43.6 Å². The number of hydrogen-bond donors (Lipinski definition) is 0. The maximum absolute atomic E-state index is 12.6. The molecule has 0 radical (unpaired) electrons. The first-order valence-corrected chi connectivity index (χ1v) is 11.1. The van der Waals surface area contributed by atoms with Gasteiger partial charge in [-0.25, -0.2) is 0 Å². The van der Waals surface area contributed by atoms with Crippen LogP contribution in [0.2, 0.25) is 0 Å². The number of piperazine rings is 1. The lowest BCUT2D eigenvalue weighted by Gasteiger charge is -2.36. The van der Waals surface area contributed by atoms with Crippen LogP contribution in [0.5, 0.6) is 11.5 Å². The van der Waals surface area contributed by atoms with Crippen molar-refractivity contribution in [3.63, 3.8) is 0 Å². The highest BCUT2D eigenvalue weighted by Gasteiger charge is 2.25.